The summed E-state index contributed by atoms with van der Waals surface area (Å²) in [5.41, 5.74) is 3.14. The molecule has 4 rings (SSSR count). The minimum Gasteiger partial charge on any atom is -0.370 e. The number of nitrogens with one attached hydrogen (secondary N) is 1. The third-order valence-corrected chi connectivity index (χ3v) is 6.81. The van der Waals surface area contributed by atoms with E-state index in [0.717, 1.165) is 24.0 Å². The van der Waals surface area contributed by atoms with Crippen LogP contribution in [-0.4, -0.2) is 40.9 Å². The molecule has 6 nitrogen and oxygen atoms in total. The van der Waals surface area contributed by atoms with Crippen molar-refractivity contribution < 1.29 is 14.3 Å². The van der Waals surface area contributed by atoms with E-state index in [-0.39, 0.29) is 29.4 Å². The van der Waals surface area contributed by atoms with E-state index >= 15 is 0 Å². The molecular formula is C27H33N3O3. The topological polar surface area (TPSA) is 71.5 Å². The summed E-state index contributed by atoms with van der Waals surface area (Å²) in [5.74, 6) is 0.337. The zero-order valence-electron chi connectivity index (χ0n) is 19.7. The van der Waals surface area contributed by atoms with Crippen molar-refractivity contribution in [2.45, 2.75) is 57.8 Å². The Labute approximate surface area is 196 Å². The molecule has 2 aromatic rings. The maximum absolute atomic E-state index is 12.7. The number of hydrogen-bond acceptors (Lipinski definition) is 4. The summed E-state index contributed by atoms with van der Waals surface area (Å²) in [4.78, 5) is 30.9. The summed E-state index contributed by atoms with van der Waals surface area (Å²) < 4.78 is 6.59. The number of piperidine rings is 1. The molecule has 1 aliphatic carbocycles. The molecule has 174 valence electrons. The van der Waals surface area contributed by atoms with Gasteiger partial charge in [0.05, 0.1) is 18.8 Å². The van der Waals surface area contributed by atoms with Gasteiger partial charge in [-0.15, -0.1) is 0 Å². The molecule has 2 amide bonds. The van der Waals surface area contributed by atoms with E-state index in [1.54, 1.807) is 25.4 Å². The van der Waals surface area contributed by atoms with E-state index in [1.807, 2.05) is 29.2 Å². The van der Waals surface area contributed by atoms with E-state index in [1.165, 1.54) is 5.56 Å². The molecule has 33 heavy (non-hydrogen) atoms. The van der Waals surface area contributed by atoms with Crippen molar-refractivity contribution in [3.63, 3.8) is 0 Å². The average molecular weight is 448 g/mol. The first-order valence-corrected chi connectivity index (χ1v) is 11.7. The fourth-order valence-electron chi connectivity index (χ4n) is 5.21. The maximum atomic E-state index is 12.7. The molecule has 0 radical (unpaired) electrons. The van der Waals surface area contributed by atoms with E-state index < -0.39 is 0 Å². The van der Waals surface area contributed by atoms with Gasteiger partial charge in [0.25, 0.3) is 0 Å². The van der Waals surface area contributed by atoms with Crippen LogP contribution in [0.5, 0.6) is 0 Å². The van der Waals surface area contributed by atoms with E-state index in [4.69, 9.17) is 4.74 Å². The average Bonchev–Trinajstić information content (AvgIpc) is 3.05. The first kappa shape index (κ1) is 23.2. The lowest BCUT2D eigenvalue weighted by Crippen LogP contribution is -2.51. The molecule has 1 aromatic carbocycles. The van der Waals surface area contributed by atoms with Crippen molar-refractivity contribution in [3.8, 4) is 0 Å². The number of rotatable bonds is 6. The maximum Gasteiger partial charge on any atom is 0.246 e. The Bertz CT molecular complexity index is 1010. The molecule has 0 bridgehead atoms. The summed E-state index contributed by atoms with van der Waals surface area (Å²) >= 11 is 0. The van der Waals surface area contributed by atoms with Crippen LogP contribution < -0.4 is 5.32 Å². The molecule has 1 N–H and O–H groups in total. The van der Waals surface area contributed by atoms with Crippen LogP contribution in [0.3, 0.4) is 0 Å². The quantitative estimate of drug-likeness (QED) is 0.681. The van der Waals surface area contributed by atoms with Gasteiger partial charge < -0.3 is 15.0 Å². The van der Waals surface area contributed by atoms with Crippen LogP contribution in [-0.2, 0) is 26.3 Å². The number of carbonyl (C=O) groups excluding carboxylic acids is 2. The molecular weight excluding hydrogens is 414 g/mol. The highest BCUT2D eigenvalue weighted by molar-refractivity contribution is 5.87. The van der Waals surface area contributed by atoms with Gasteiger partial charge in [-0.3, -0.25) is 14.6 Å². The first-order chi connectivity index (χ1) is 15.9. The highest BCUT2D eigenvalue weighted by atomic mass is 16.5. The van der Waals surface area contributed by atoms with Crippen LogP contribution >= 0.6 is 0 Å². The fourth-order valence-corrected chi connectivity index (χ4v) is 5.21. The molecule has 1 aliphatic heterocycles. The van der Waals surface area contributed by atoms with Gasteiger partial charge in [0.1, 0.15) is 0 Å². The first-order valence-electron chi connectivity index (χ1n) is 11.7. The Balaban J connectivity index is 1.62. The van der Waals surface area contributed by atoms with E-state index in [2.05, 4.69) is 42.3 Å². The van der Waals surface area contributed by atoms with Gasteiger partial charge in [-0.1, -0.05) is 44.2 Å². The molecule has 0 unspecified atom stereocenters. The number of carbonyl (C=O) groups is 2. The lowest BCUT2D eigenvalue weighted by atomic mass is 9.71. The number of nitrogens with zero attached hydrogens (tertiary/aromatic N) is 2. The summed E-state index contributed by atoms with van der Waals surface area (Å²) in [6, 6.07) is 12.0. The molecule has 1 aromatic heterocycles. The van der Waals surface area contributed by atoms with Gasteiger partial charge in [-0.25, -0.2) is 0 Å². The monoisotopic (exact) mass is 447 g/mol. The van der Waals surface area contributed by atoms with Gasteiger partial charge in [0.15, 0.2) is 0 Å². The number of ether oxygens (including phenoxy) is 1. The molecule has 1 fully saturated rings. The third kappa shape index (κ3) is 4.86. The normalized spacial score (nSPS) is 21.5. The van der Waals surface area contributed by atoms with Crippen molar-refractivity contribution in [1.29, 1.82) is 0 Å². The van der Waals surface area contributed by atoms with Crippen molar-refractivity contribution in [2.75, 3.05) is 13.1 Å². The second kappa shape index (κ2) is 9.87. The molecule has 0 saturated carbocycles. The smallest absolute Gasteiger partial charge is 0.246 e. The van der Waals surface area contributed by atoms with Crippen molar-refractivity contribution in [1.82, 2.24) is 15.2 Å². The van der Waals surface area contributed by atoms with Crippen molar-refractivity contribution in [3.05, 3.63) is 77.6 Å². The second-order valence-corrected chi connectivity index (χ2v) is 9.44. The number of aromatic nitrogens is 1. The van der Waals surface area contributed by atoms with Crippen molar-refractivity contribution in [2.24, 2.45) is 5.92 Å². The molecule has 6 heteroatoms. The van der Waals surface area contributed by atoms with Crippen LogP contribution in [0.15, 0.2) is 60.9 Å². The minimum atomic E-state index is -0.255. The zero-order chi connectivity index (χ0) is 23.4. The lowest BCUT2D eigenvalue weighted by Gasteiger charge is -2.44. The number of hydrogen-bond donors (Lipinski definition) is 1. The molecule has 2 heterocycles. The van der Waals surface area contributed by atoms with Gasteiger partial charge in [-0.2, -0.15) is 0 Å². The molecule has 2 atom stereocenters. The highest BCUT2D eigenvalue weighted by Gasteiger charge is 2.54. The number of likely N-dealkylation sites (tertiary alicyclic amines) is 1. The highest BCUT2D eigenvalue weighted by Crippen LogP contribution is 2.52. The molecule has 1 spiro atoms. The number of fused-ring (bicyclic) bond motifs is 2. The van der Waals surface area contributed by atoms with Crippen LogP contribution in [0.2, 0.25) is 0 Å². The Hall–Kier alpha value is -2.99. The van der Waals surface area contributed by atoms with E-state index in [0.29, 0.717) is 25.6 Å². The molecule has 1 saturated heterocycles. The Morgan fingerprint density at radius 1 is 1.18 bits per heavy atom. The Morgan fingerprint density at radius 3 is 2.55 bits per heavy atom. The fraction of sp³-hybridized carbons (Fsp3) is 0.444. The van der Waals surface area contributed by atoms with Crippen LogP contribution in [0.25, 0.3) is 0 Å². The Kier molecular flexibility index (Phi) is 6.94. The second-order valence-electron chi connectivity index (χ2n) is 9.44. The number of allylic oxidation sites excluding steroid dienone is 1. The molecule has 2 aliphatic rings. The standard InChI is InChI=1S/C27H33N3O3/c1-19(2)8-9-24(32)30-16-12-27(13-17-30)23-7-5-4-6-22(23)25(29-20(3)31)26(27)33-18-21-10-14-28-15-11-21/h4-11,14-15,19,25-26H,12-13,16-18H2,1-3H3,(H,29,31)/t25-,26+/m1/s1. The zero-order valence-corrected chi connectivity index (χ0v) is 19.7. The number of benzene rings is 1. The predicted molar refractivity (Wildman–Crippen MR) is 127 cm³/mol. The SMILES string of the molecule is CC(=O)N[C@@H]1c2ccccc2C2(CCN(C(=O)C=CC(C)C)CC2)[C@H]1OCc1ccncc1. The summed E-state index contributed by atoms with van der Waals surface area (Å²) in [5, 5.41) is 3.15. The van der Waals surface area contributed by atoms with Gasteiger partial charge in [-0.05, 0) is 53.7 Å². The van der Waals surface area contributed by atoms with Crippen LogP contribution in [0.1, 0.15) is 56.3 Å². The number of pyridine rings is 1. The Morgan fingerprint density at radius 2 is 1.88 bits per heavy atom. The summed E-state index contributed by atoms with van der Waals surface area (Å²) in [6.45, 7) is 7.46. The van der Waals surface area contributed by atoms with Crippen LogP contribution in [0, 0.1) is 5.92 Å². The van der Waals surface area contributed by atoms with Gasteiger partial charge in [0.2, 0.25) is 11.8 Å². The van der Waals surface area contributed by atoms with Crippen molar-refractivity contribution >= 4 is 11.8 Å². The van der Waals surface area contributed by atoms with Gasteiger partial charge in [0, 0.05) is 37.8 Å². The summed E-state index contributed by atoms with van der Waals surface area (Å²) in [7, 11) is 0. The third-order valence-electron chi connectivity index (χ3n) is 6.81. The van der Waals surface area contributed by atoms with E-state index in [9.17, 15) is 9.59 Å². The van der Waals surface area contributed by atoms with Gasteiger partial charge >= 0.3 is 0 Å². The lowest BCUT2D eigenvalue weighted by molar-refractivity contribution is -0.129. The minimum absolute atomic E-state index is 0.0671. The largest absolute Gasteiger partial charge is 0.370 e. The van der Waals surface area contributed by atoms with Crippen LogP contribution in [0.4, 0.5) is 0 Å². The summed E-state index contributed by atoms with van der Waals surface area (Å²) in [6.07, 6.45) is 8.55. The predicted octanol–water partition coefficient (Wildman–Crippen LogP) is 3.93. The number of amides is 2.